The number of carbonyl (C=O) groups is 2. The summed E-state index contributed by atoms with van der Waals surface area (Å²) in [5.74, 6) is -0.346. The number of nitrogens with one attached hydrogen (secondary N) is 2. The van der Waals surface area contributed by atoms with Gasteiger partial charge in [0.15, 0.2) is 0 Å². The van der Waals surface area contributed by atoms with E-state index >= 15 is 0 Å². The first-order valence-electron chi connectivity index (χ1n) is 11.5. The Morgan fingerprint density at radius 3 is 2.76 bits per heavy atom. The monoisotopic (exact) mass is 461 g/mol. The van der Waals surface area contributed by atoms with Gasteiger partial charge in [-0.2, -0.15) is 0 Å². The van der Waals surface area contributed by atoms with Gasteiger partial charge in [-0.1, -0.05) is 13.8 Å². The second-order valence-electron chi connectivity index (χ2n) is 9.84. The van der Waals surface area contributed by atoms with E-state index in [1.165, 1.54) is 12.1 Å². The Kier molecular flexibility index (Phi) is 5.19. The van der Waals surface area contributed by atoms with Crippen LogP contribution in [0.2, 0.25) is 0 Å². The van der Waals surface area contributed by atoms with Crippen molar-refractivity contribution < 1.29 is 14.0 Å². The van der Waals surface area contributed by atoms with E-state index in [9.17, 15) is 14.0 Å². The summed E-state index contributed by atoms with van der Waals surface area (Å²) in [6.07, 6.45) is 2.03. The number of amides is 2. The number of carbonyl (C=O) groups excluding carboxylic acids is 2. The zero-order chi connectivity index (χ0) is 24.2. The van der Waals surface area contributed by atoms with E-state index in [0.29, 0.717) is 30.3 Å². The van der Waals surface area contributed by atoms with Crippen LogP contribution in [-0.4, -0.2) is 49.9 Å². The third-order valence-electron chi connectivity index (χ3n) is 6.47. The molecule has 5 rings (SSSR count). The van der Waals surface area contributed by atoms with Crippen LogP contribution in [0.4, 0.5) is 4.39 Å². The fourth-order valence-corrected chi connectivity index (χ4v) is 4.67. The molecule has 0 spiro atoms. The minimum atomic E-state index is -0.948. The lowest BCUT2D eigenvalue weighted by Crippen LogP contribution is -2.63. The van der Waals surface area contributed by atoms with Crippen molar-refractivity contribution in [3.63, 3.8) is 0 Å². The third-order valence-corrected chi connectivity index (χ3v) is 6.47. The Hall–Kier alpha value is -3.68. The lowest BCUT2D eigenvalue weighted by molar-refractivity contribution is -0.133. The Balaban J connectivity index is 1.61. The number of piperazine rings is 1. The SMILES string of the molecule is CC(C)Cn1cc(-c2cc3cc(F)ccc3[nH]2)c2ccc(C(=O)N3CCNC(=O)C3(C)C)nc21. The van der Waals surface area contributed by atoms with Crippen molar-refractivity contribution in [2.24, 2.45) is 5.92 Å². The number of H-pyrrole nitrogens is 1. The van der Waals surface area contributed by atoms with Gasteiger partial charge in [-0.05, 0) is 56.2 Å². The second kappa shape index (κ2) is 7.97. The quantitative estimate of drug-likeness (QED) is 0.475. The molecule has 0 bridgehead atoms. The van der Waals surface area contributed by atoms with Crippen molar-refractivity contribution in [2.45, 2.75) is 39.8 Å². The zero-order valence-corrected chi connectivity index (χ0v) is 19.8. The molecule has 1 aliphatic heterocycles. The summed E-state index contributed by atoms with van der Waals surface area (Å²) in [6, 6.07) is 10.2. The Bertz CT molecular complexity index is 1430. The number of benzene rings is 1. The normalized spacial score (nSPS) is 15.9. The minimum Gasteiger partial charge on any atom is -0.354 e. The summed E-state index contributed by atoms with van der Waals surface area (Å²) < 4.78 is 15.8. The van der Waals surface area contributed by atoms with Gasteiger partial charge in [0.05, 0.1) is 0 Å². The lowest BCUT2D eigenvalue weighted by Gasteiger charge is -2.40. The number of aromatic nitrogens is 3. The fraction of sp³-hybridized carbons (Fsp3) is 0.346. The number of nitrogens with zero attached hydrogens (tertiary/aromatic N) is 3. The molecule has 34 heavy (non-hydrogen) atoms. The van der Waals surface area contributed by atoms with Crippen molar-refractivity contribution in [2.75, 3.05) is 13.1 Å². The van der Waals surface area contributed by atoms with Gasteiger partial charge in [-0.3, -0.25) is 9.59 Å². The maximum atomic E-state index is 13.7. The highest BCUT2D eigenvalue weighted by Gasteiger charge is 2.41. The van der Waals surface area contributed by atoms with Gasteiger partial charge in [0.1, 0.15) is 22.7 Å². The number of hydrogen-bond donors (Lipinski definition) is 2. The van der Waals surface area contributed by atoms with Crippen molar-refractivity contribution >= 4 is 33.8 Å². The largest absolute Gasteiger partial charge is 0.354 e. The maximum absolute atomic E-state index is 13.7. The average Bonchev–Trinajstić information content (AvgIpc) is 3.35. The van der Waals surface area contributed by atoms with Crippen LogP contribution in [0.3, 0.4) is 0 Å². The van der Waals surface area contributed by atoms with E-state index in [2.05, 4.69) is 28.7 Å². The number of fused-ring (bicyclic) bond motifs is 2. The molecule has 4 aromatic rings. The van der Waals surface area contributed by atoms with Gasteiger partial charge in [-0.25, -0.2) is 9.37 Å². The molecule has 0 unspecified atom stereocenters. The fourth-order valence-electron chi connectivity index (χ4n) is 4.67. The standard InChI is InChI=1S/C26H28FN5O2/c1-15(2)13-31-14-19(22-12-16-11-17(27)5-7-20(16)29-22)18-6-8-21(30-23(18)31)24(33)32-10-9-28-25(34)26(32,3)4/h5-8,11-12,14-15,29H,9-10,13H2,1-4H3,(H,28,34). The molecule has 3 aromatic heterocycles. The summed E-state index contributed by atoms with van der Waals surface area (Å²) in [7, 11) is 0. The summed E-state index contributed by atoms with van der Waals surface area (Å²) in [6.45, 7) is 9.33. The van der Waals surface area contributed by atoms with Crippen molar-refractivity contribution in [1.82, 2.24) is 24.8 Å². The molecule has 1 aliphatic rings. The third kappa shape index (κ3) is 3.63. The first kappa shape index (κ1) is 22.1. The molecule has 1 fully saturated rings. The van der Waals surface area contributed by atoms with Crippen LogP contribution >= 0.6 is 0 Å². The number of halogens is 1. The molecule has 176 valence electrons. The van der Waals surface area contributed by atoms with Gasteiger partial charge >= 0.3 is 0 Å². The van der Waals surface area contributed by atoms with Crippen molar-refractivity contribution in [3.8, 4) is 11.3 Å². The average molecular weight is 462 g/mol. The van der Waals surface area contributed by atoms with E-state index in [1.807, 2.05) is 18.3 Å². The molecule has 0 radical (unpaired) electrons. The van der Waals surface area contributed by atoms with E-state index in [0.717, 1.165) is 34.1 Å². The van der Waals surface area contributed by atoms with Gasteiger partial charge in [0.25, 0.3) is 5.91 Å². The first-order valence-corrected chi connectivity index (χ1v) is 11.5. The molecule has 2 N–H and O–H groups in total. The van der Waals surface area contributed by atoms with Crippen LogP contribution in [0, 0.1) is 11.7 Å². The summed E-state index contributed by atoms with van der Waals surface area (Å²) in [5, 5.41) is 4.52. The summed E-state index contributed by atoms with van der Waals surface area (Å²) >= 11 is 0. The van der Waals surface area contributed by atoms with Crippen LogP contribution < -0.4 is 5.32 Å². The van der Waals surface area contributed by atoms with E-state index < -0.39 is 5.54 Å². The van der Waals surface area contributed by atoms with Gasteiger partial charge in [-0.15, -0.1) is 0 Å². The highest BCUT2D eigenvalue weighted by molar-refractivity contribution is 6.02. The molecule has 1 aromatic carbocycles. The molecule has 0 saturated carbocycles. The van der Waals surface area contributed by atoms with E-state index in [1.54, 1.807) is 30.9 Å². The predicted molar refractivity (Wildman–Crippen MR) is 130 cm³/mol. The van der Waals surface area contributed by atoms with Gasteiger partial charge < -0.3 is 19.8 Å². The lowest BCUT2D eigenvalue weighted by atomic mass is 9.98. The van der Waals surface area contributed by atoms with Crippen molar-refractivity contribution in [3.05, 3.63) is 54.1 Å². The molecule has 4 heterocycles. The topological polar surface area (TPSA) is 83.0 Å². The summed E-state index contributed by atoms with van der Waals surface area (Å²) in [5.41, 5.74) is 2.73. The predicted octanol–water partition coefficient (Wildman–Crippen LogP) is 4.33. The smallest absolute Gasteiger partial charge is 0.273 e. The molecular weight excluding hydrogens is 433 g/mol. The number of hydrogen-bond acceptors (Lipinski definition) is 3. The maximum Gasteiger partial charge on any atom is 0.273 e. The van der Waals surface area contributed by atoms with Crippen LogP contribution in [0.15, 0.2) is 42.6 Å². The number of aromatic amines is 1. The van der Waals surface area contributed by atoms with E-state index in [-0.39, 0.29) is 17.6 Å². The Morgan fingerprint density at radius 1 is 1.21 bits per heavy atom. The van der Waals surface area contributed by atoms with Crippen molar-refractivity contribution in [1.29, 1.82) is 0 Å². The van der Waals surface area contributed by atoms with Crippen LogP contribution in [0.5, 0.6) is 0 Å². The number of pyridine rings is 1. The highest BCUT2D eigenvalue weighted by atomic mass is 19.1. The second-order valence-corrected chi connectivity index (χ2v) is 9.84. The Morgan fingerprint density at radius 2 is 2.00 bits per heavy atom. The first-order chi connectivity index (χ1) is 16.1. The minimum absolute atomic E-state index is 0.172. The Labute approximate surface area is 197 Å². The molecular formula is C26H28FN5O2. The zero-order valence-electron chi connectivity index (χ0n) is 19.8. The van der Waals surface area contributed by atoms with E-state index in [4.69, 9.17) is 4.98 Å². The van der Waals surface area contributed by atoms with Crippen LogP contribution in [0.1, 0.15) is 38.2 Å². The summed E-state index contributed by atoms with van der Waals surface area (Å²) in [4.78, 5) is 35.5. The van der Waals surface area contributed by atoms with Crippen LogP contribution in [-0.2, 0) is 11.3 Å². The molecule has 8 heteroatoms. The molecule has 2 amide bonds. The highest BCUT2D eigenvalue weighted by Crippen LogP contribution is 2.33. The molecule has 7 nitrogen and oxygen atoms in total. The van der Waals surface area contributed by atoms with Gasteiger partial charge in [0.2, 0.25) is 5.91 Å². The molecule has 1 saturated heterocycles. The molecule has 0 atom stereocenters. The van der Waals surface area contributed by atoms with Crippen LogP contribution in [0.25, 0.3) is 33.2 Å². The number of rotatable bonds is 4. The molecule has 0 aliphatic carbocycles. The van der Waals surface area contributed by atoms with Gasteiger partial charge in [0, 0.05) is 53.4 Å².